The normalized spacial score (nSPS) is 14.9. The molecule has 0 saturated heterocycles. The highest BCUT2D eigenvalue weighted by molar-refractivity contribution is 7.85. The maximum atomic E-state index is 13.9. The van der Waals surface area contributed by atoms with Gasteiger partial charge in [-0.25, -0.2) is 9.18 Å². The lowest BCUT2D eigenvalue weighted by Crippen LogP contribution is -2.18. The number of carboxylic acid groups (broad SMARTS) is 1. The van der Waals surface area contributed by atoms with Crippen molar-refractivity contribution in [3.63, 3.8) is 0 Å². The van der Waals surface area contributed by atoms with Crippen molar-refractivity contribution >= 4 is 40.0 Å². The van der Waals surface area contributed by atoms with Gasteiger partial charge in [-0.1, -0.05) is 43.1 Å². The summed E-state index contributed by atoms with van der Waals surface area (Å²) >= 11 is 11.0. The van der Waals surface area contributed by atoms with Crippen molar-refractivity contribution in [3.05, 3.63) is 28.8 Å². The number of carbonyl (C=O) groups is 1. The maximum absolute atomic E-state index is 13.9. The zero-order valence-corrected chi connectivity index (χ0v) is 13.6. The molecular formula is C13H15Cl2FO3S. The smallest absolute Gasteiger partial charge is 0.335 e. The van der Waals surface area contributed by atoms with Gasteiger partial charge in [-0.15, -0.1) is 0 Å². The summed E-state index contributed by atoms with van der Waals surface area (Å²) in [5.41, 5.74) is 0.0110. The first kappa shape index (κ1) is 17.4. The summed E-state index contributed by atoms with van der Waals surface area (Å²) in [4.78, 5) is 11.2. The number of alkyl halides is 3. The zero-order valence-electron chi connectivity index (χ0n) is 11.2. The average Bonchev–Trinajstić information content (AvgIpc) is 2.34. The van der Waals surface area contributed by atoms with Crippen LogP contribution in [0.2, 0.25) is 0 Å². The molecule has 0 spiro atoms. The summed E-state index contributed by atoms with van der Waals surface area (Å²) < 4.78 is 23.6. The number of aromatic carboxylic acids is 1. The SMILES string of the molecule is CC[C@@H](C)[S@](=O)c1c(C(F)(Cl)Cl)ccc(C(=O)O)c1C. The van der Waals surface area contributed by atoms with Crippen LogP contribution in [0.5, 0.6) is 0 Å². The topological polar surface area (TPSA) is 54.4 Å². The highest BCUT2D eigenvalue weighted by Gasteiger charge is 2.33. The monoisotopic (exact) mass is 340 g/mol. The molecule has 1 aromatic rings. The van der Waals surface area contributed by atoms with Crippen LogP contribution in [0.1, 0.15) is 41.8 Å². The first-order chi connectivity index (χ1) is 9.11. The van der Waals surface area contributed by atoms with E-state index >= 15 is 0 Å². The van der Waals surface area contributed by atoms with Crippen molar-refractivity contribution in [1.29, 1.82) is 0 Å². The van der Waals surface area contributed by atoms with E-state index in [0.29, 0.717) is 6.42 Å². The quantitative estimate of drug-likeness (QED) is 0.819. The molecule has 0 radical (unpaired) electrons. The summed E-state index contributed by atoms with van der Waals surface area (Å²) in [6, 6.07) is 2.38. The molecule has 0 aliphatic carbocycles. The van der Waals surface area contributed by atoms with Crippen LogP contribution in [-0.4, -0.2) is 20.5 Å². The Morgan fingerprint density at radius 2 is 2.05 bits per heavy atom. The third kappa shape index (κ3) is 3.51. The number of carboxylic acids is 1. The Bertz CT molecular complexity index is 555. The first-order valence-electron chi connectivity index (χ1n) is 5.95. The maximum Gasteiger partial charge on any atom is 0.335 e. The van der Waals surface area contributed by atoms with Crippen LogP contribution >= 0.6 is 23.2 Å². The van der Waals surface area contributed by atoms with E-state index in [-0.39, 0.29) is 26.8 Å². The first-order valence-corrected chi connectivity index (χ1v) is 7.92. The van der Waals surface area contributed by atoms with E-state index in [1.165, 1.54) is 19.1 Å². The summed E-state index contributed by atoms with van der Waals surface area (Å²) in [6.45, 7) is 5.04. The summed E-state index contributed by atoms with van der Waals surface area (Å²) in [5.74, 6) is -1.18. The molecule has 0 aliphatic rings. The van der Waals surface area contributed by atoms with Crippen LogP contribution in [0, 0.1) is 6.92 Å². The van der Waals surface area contributed by atoms with E-state index in [0.717, 1.165) is 0 Å². The molecule has 0 amide bonds. The Hall–Kier alpha value is -0.650. The molecule has 1 N–H and O–H groups in total. The van der Waals surface area contributed by atoms with Gasteiger partial charge in [-0.2, -0.15) is 0 Å². The Morgan fingerprint density at radius 3 is 2.45 bits per heavy atom. The summed E-state index contributed by atoms with van der Waals surface area (Å²) in [6.07, 6.45) is 0.590. The van der Waals surface area contributed by atoms with Crippen LogP contribution in [0.15, 0.2) is 17.0 Å². The lowest BCUT2D eigenvalue weighted by Gasteiger charge is -2.20. The molecule has 3 nitrogen and oxygen atoms in total. The molecule has 1 rings (SSSR count). The molecule has 7 heteroatoms. The predicted molar refractivity (Wildman–Crippen MR) is 78.8 cm³/mol. The fourth-order valence-electron chi connectivity index (χ4n) is 1.76. The van der Waals surface area contributed by atoms with Crippen LogP contribution in [0.3, 0.4) is 0 Å². The third-order valence-corrected chi connectivity index (χ3v) is 5.48. The third-order valence-electron chi connectivity index (χ3n) is 3.08. The molecule has 1 aromatic carbocycles. The minimum absolute atomic E-state index is 0.0435. The van der Waals surface area contributed by atoms with Crippen molar-refractivity contribution in [2.75, 3.05) is 0 Å². The van der Waals surface area contributed by atoms with Gasteiger partial charge in [-0.05, 0) is 25.0 Å². The molecule has 0 aromatic heterocycles. The van der Waals surface area contributed by atoms with Gasteiger partial charge in [0.2, 0.25) is 0 Å². The van der Waals surface area contributed by atoms with E-state index in [9.17, 15) is 13.4 Å². The Labute approximate surface area is 129 Å². The van der Waals surface area contributed by atoms with Gasteiger partial charge >= 0.3 is 5.97 Å². The highest BCUT2D eigenvalue weighted by atomic mass is 35.5. The minimum atomic E-state index is -2.72. The van der Waals surface area contributed by atoms with Crippen molar-refractivity contribution in [1.82, 2.24) is 0 Å². The second-order valence-electron chi connectivity index (χ2n) is 4.43. The molecule has 0 unspecified atom stereocenters. The Kier molecular flexibility index (Phi) is 5.58. The number of hydrogen-bond acceptors (Lipinski definition) is 2. The second-order valence-corrected chi connectivity index (χ2v) is 7.48. The van der Waals surface area contributed by atoms with Gasteiger partial charge in [0, 0.05) is 10.8 Å². The van der Waals surface area contributed by atoms with Gasteiger partial charge in [-0.3, -0.25) is 4.21 Å². The molecule has 20 heavy (non-hydrogen) atoms. The fraction of sp³-hybridized carbons (Fsp3) is 0.462. The van der Waals surface area contributed by atoms with Crippen molar-refractivity contribution in [3.8, 4) is 0 Å². The highest BCUT2D eigenvalue weighted by Crippen LogP contribution is 2.41. The van der Waals surface area contributed by atoms with E-state index in [1.807, 2.05) is 6.92 Å². The molecular weight excluding hydrogens is 326 g/mol. The standard InChI is InChI=1S/C13H15Cl2FO3S/c1-4-7(2)20(19)11-8(3)9(12(17)18)5-6-10(11)13(14,15)16/h5-7H,4H2,1-3H3,(H,17,18)/t7-,20+/m1/s1. The molecule has 0 saturated carbocycles. The minimum Gasteiger partial charge on any atom is -0.478 e. The van der Waals surface area contributed by atoms with Crippen LogP contribution < -0.4 is 0 Å². The van der Waals surface area contributed by atoms with Crippen LogP contribution in [0.25, 0.3) is 0 Å². The van der Waals surface area contributed by atoms with Crippen molar-refractivity contribution in [2.24, 2.45) is 0 Å². The number of benzene rings is 1. The van der Waals surface area contributed by atoms with E-state index in [2.05, 4.69) is 0 Å². The number of hydrogen-bond donors (Lipinski definition) is 1. The van der Waals surface area contributed by atoms with E-state index in [1.54, 1.807) is 6.92 Å². The van der Waals surface area contributed by atoms with Gasteiger partial charge in [0.1, 0.15) is 0 Å². The van der Waals surface area contributed by atoms with Crippen molar-refractivity contribution < 1.29 is 18.5 Å². The Balaban J connectivity index is 3.62. The lowest BCUT2D eigenvalue weighted by molar-refractivity contribution is 0.0695. The Morgan fingerprint density at radius 1 is 1.50 bits per heavy atom. The average molecular weight is 341 g/mol. The van der Waals surface area contributed by atoms with Gasteiger partial charge in [0.15, 0.2) is 0 Å². The molecule has 0 aliphatic heterocycles. The predicted octanol–water partition coefficient (Wildman–Crippen LogP) is 4.16. The van der Waals surface area contributed by atoms with Gasteiger partial charge in [0.25, 0.3) is 4.59 Å². The fourth-order valence-corrected chi connectivity index (χ4v) is 3.73. The van der Waals surface area contributed by atoms with Crippen LogP contribution in [0.4, 0.5) is 4.39 Å². The van der Waals surface area contributed by atoms with E-state index < -0.39 is 21.4 Å². The molecule has 0 heterocycles. The number of rotatable bonds is 5. The summed E-state index contributed by atoms with van der Waals surface area (Å²) in [7, 11) is -1.60. The zero-order chi connectivity index (χ0) is 15.7. The van der Waals surface area contributed by atoms with E-state index in [4.69, 9.17) is 28.3 Å². The molecule has 0 fully saturated rings. The van der Waals surface area contributed by atoms with Gasteiger partial charge < -0.3 is 5.11 Å². The summed E-state index contributed by atoms with van der Waals surface area (Å²) in [5, 5.41) is 8.83. The number of halogens is 3. The largest absolute Gasteiger partial charge is 0.478 e. The second kappa shape index (κ2) is 6.41. The molecule has 0 bridgehead atoms. The molecule has 2 atom stereocenters. The van der Waals surface area contributed by atoms with Crippen molar-refractivity contribution in [2.45, 2.75) is 41.9 Å². The van der Waals surface area contributed by atoms with Crippen LogP contribution in [-0.2, 0) is 15.4 Å². The molecule has 112 valence electrons. The van der Waals surface area contributed by atoms with Gasteiger partial charge in [0.05, 0.1) is 21.3 Å². The lowest BCUT2D eigenvalue weighted by atomic mass is 10.1.